The molecular formula is C7H8N2O2. The van der Waals surface area contributed by atoms with Gasteiger partial charge in [0.2, 0.25) is 0 Å². The van der Waals surface area contributed by atoms with Gasteiger partial charge in [0.05, 0.1) is 11.5 Å². The summed E-state index contributed by atoms with van der Waals surface area (Å²) in [5.74, 6) is 0. The van der Waals surface area contributed by atoms with Crippen LogP contribution < -0.4 is 0 Å². The smallest absolute Gasteiger partial charge is 0.407 e. The Morgan fingerprint density at radius 3 is 2.64 bits per heavy atom. The summed E-state index contributed by atoms with van der Waals surface area (Å²) in [5, 5.41) is 17.3. The Hall–Kier alpha value is -1.24. The van der Waals surface area contributed by atoms with E-state index in [1.165, 1.54) is 4.90 Å². The lowest BCUT2D eigenvalue weighted by atomic mass is 9.71. The van der Waals surface area contributed by atoms with E-state index in [0.29, 0.717) is 6.54 Å². The number of amides is 1. The lowest BCUT2D eigenvalue weighted by molar-refractivity contribution is 0.141. The van der Waals surface area contributed by atoms with Gasteiger partial charge in [0.1, 0.15) is 0 Å². The first kappa shape index (κ1) is 6.47. The molecule has 0 aromatic carbocycles. The molecule has 2 bridgehead atoms. The van der Waals surface area contributed by atoms with E-state index in [1.807, 2.05) is 0 Å². The van der Waals surface area contributed by atoms with Crippen molar-refractivity contribution < 1.29 is 9.90 Å². The molecule has 0 spiro atoms. The Kier molecular flexibility index (Phi) is 0.984. The van der Waals surface area contributed by atoms with Crippen molar-refractivity contribution in [1.82, 2.24) is 4.90 Å². The molecule has 3 aliphatic rings. The molecule has 0 aromatic heterocycles. The van der Waals surface area contributed by atoms with Crippen molar-refractivity contribution in [2.45, 2.75) is 18.9 Å². The van der Waals surface area contributed by atoms with Crippen molar-refractivity contribution in [2.24, 2.45) is 5.41 Å². The molecule has 4 nitrogen and oxygen atoms in total. The summed E-state index contributed by atoms with van der Waals surface area (Å²) in [5.41, 5.74) is -0.316. The van der Waals surface area contributed by atoms with Crippen LogP contribution in [0.3, 0.4) is 0 Å². The normalized spacial score (nSPS) is 39.5. The van der Waals surface area contributed by atoms with Gasteiger partial charge in [0.15, 0.2) is 0 Å². The van der Waals surface area contributed by atoms with E-state index < -0.39 is 6.09 Å². The van der Waals surface area contributed by atoms with Crippen molar-refractivity contribution in [3.63, 3.8) is 0 Å². The number of hydrogen-bond donors (Lipinski definition) is 1. The van der Waals surface area contributed by atoms with Crippen LogP contribution in [0.25, 0.3) is 0 Å². The molecule has 3 rings (SSSR count). The van der Waals surface area contributed by atoms with Crippen LogP contribution in [0, 0.1) is 16.7 Å². The van der Waals surface area contributed by atoms with Crippen molar-refractivity contribution >= 4 is 6.09 Å². The fourth-order valence-corrected chi connectivity index (χ4v) is 2.00. The predicted molar refractivity (Wildman–Crippen MR) is 35.8 cm³/mol. The first-order valence-corrected chi connectivity index (χ1v) is 3.58. The Labute approximate surface area is 64.0 Å². The van der Waals surface area contributed by atoms with Crippen LogP contribution in [-0.2, 0) is 0 Å². The summed E-state index contributed by atoms with van der Waals surface area (Å²) in [7, 11) is 0. The lowest BCUT2D eigenvalue weighted by Crippen LogP contribution is -2.35. The quantitative estimate of drug-likeness (QED) is 0.554. The molecule has 3 fully saturated rings. The lowest BCUT2D eigenvalue weighted by Gasteiger charge is -2.29. The van der Waals surface area contributed by atoms with E-state index >= 15 is 0 Å². The van der Waals surface area contributed by atoms with E-state index in [1.54, 1.807) is 0 Å². The molecule has 1 aliphatic carbocycles. The zero-order chi connectivity index (χ0) is 8.06. The van der Waals surface area contributed by atoms with Crippen LogP contribution in [0.2, 0.25) is 0 Å². The number of carboxylic acid groups (broad SMARTS) is 1. The van der Waals surface area contributed by atoms with Gasteiger partial charge in [-0.3, -0.25) is 0 Å². The number of rotatable bonds is 0. The molecule has 1 amide bonds. The highest BCUT2D eigenvalue weighted by atomic mass is 16.4. The zero-order valence-electron chi connectivity index (χ0n) is 5.95. The second kappa shape index (κ2) is 1.67. The molecule has 11 heavy (non-hydrogen) atoms. The highest BCUT2D eigenvalue weighted by Gasteiger charge is 2.57. The third kappa shape index (κ3) is 0.653. The third-order valence-electron chi connectivity index (χ3n) is 2.65. The van der Waals surface area contributed by atoms with Crippen molar-refractivity contribution in [2.75, 3.05) is 6.54 Å². The second-order valence-electron chi connectivity index (χ2n) is 3.36. The number of fused-ring (bicyclic) bond motifs is 1. The molecule has 4 heteroatoms. The molecule has 2 heterocycles. The Bertz CT molecular complexity index is 250. The molecule has 0 aromatic rings. The Balaban J connectivity index is 2.15. The van der Waals surface area contributed by atoms with Crippen molar-refractivity contribution in [1.29, 1.82) is 5.26 Å². The maximum absolute atomic E-state index is 10.5. The summed E-state index contributed by atoms with van der Waals surface area (Å²) < 4.78 is 0. The highest BCUT2D eigenvalue weighted by Crippen LogP contribution is 2.51. The van der Waals surface area contributed by atoms with Crippen molar-refractivity contribution in [3.8, 4) is 6.07 Å². The fraction of sp³-hybridized carbons (Fsp3) is 0.714. The van der Waals surface area contributed by atoms with Gasteiger partial charge in [0.25, 0.3) is 0 Å². The van der Waals surface area contributed by atoms with Gasteiger partial charge in [-0.2, -0.15) is 5.26 Å². The second-order valence-corrected chi connectivity index (χ2v) is 3.36. The number of hydrogen-bond acceptors (Lipinski definition) is 2. The molecule has 0 atom stereocenters. The average Bonchev–Trinajstić information content (AvgIpc) is 2.38. The molecule has 2 saturated heterocycles. The van der Waals surface area contributed by atoms with E-state index in [4.69, 9.17) is 10.4 Å². The van der Waals surface area contributed by atoms with Gasteiger partial charge < -0.3 is 10.0 Å². The summed E-state index contributed by atoms with van der Waals surface area (Å²) in [4.78, 5) is 11.9. The fourth-order valence-electron chi connectivity index (χ4n) is 2.00. The van der Waals surface area contributed by atoms with Gasteiger partial charge in [-0.1, -0.05) is 0 Å². The number of nitrogens with zero attached hydrogens (tertiary/aromatic N) is 2. The molecule has 1 N–H and O–H groups in total. The van der Waals surface area contributed by atoms with Crippen LogP contribution in [0.4, 0.5) is 4.79 Å². The van der Waals surface area contributed by atoms with Crippen LogP contribution in [0.15, 0.2) is 0 Å². The molecule has 0 unspecified atom stereocenters. The Morgan fingerprint density at radius 1 is 1.73 bits per heavy atom. The van der Waals surface area contributed by atoms with Gasteiger partial charge in [-0.05, 0) is 12.8 Å². The van der Waals surface area contributed by atoms with Crippen LogP contribution in [-0.4, -0.2) is 28.7 Å². The molecule has 0 radical (unpaired) electrons. The standard InChI is InChI=1S/C7H8N2O2/c8-3-7-1-5(2-7)9(4-7)6(10)11/h5H,1-2,4H2,(H,10,11). The first-order chi connectivity index (χ1) is 5.17. The third-order valence-corrected chi connectivity index (χ3v) is 2.65. The molecule has 1 saturated carbocycles. The predicted octanol–water partition coefficient (Wildman–Crippen LogP) is 0.652. The summed E-state index contributed by atoms with van der Waals surface area (Å²) >= 11 is 0. The topological polar surface area (TPSA) is 64.3 Å². The van der Waals surface area contributed by atoms with Crippen molar-refractivity contribution in [3.05, 3.63) is 0 Å². The summed E-state index contributed by atoms with van der Waals surface area (Å²) in [6.07, 6.45) is 0.607. The highest BCUT2D eigenvalue weighted by molar-refractivity contribution is 5.67. The van der Waals surface area contributed by atoms with Gasteiger partial charge in [-0.25, -0.2) is 4.79 Å². The Morgan fingerprint density at radius 2 is 2.36 bits per heavy atom. The summed E-state index contributed by atoms with van der Waals surface area (Å²) in [6, 6.07) is 2.32. The molecule has 2 aliphatic heterocycles. The van der Waals surface area contributed by atoms with Gasteiger partial charge >= 0.3 is 6.09 Å². The average molecular weight is 152 g/mol. The van der Waals surface area contributed by atoms with Crippen LogP contribution >= 0.6 is 0 Å². The number of carbonyl (C=O) groups is 1. The maximum Gasteiger partial charge on any atom is 0.407 e. The largest absolute Gasteiger partial charge is 0.465 e. The van der Waals surface area contributed by atoms with E-state index in [0.717, 1.165) is 12.8 Å². The molecule has 58 valence electrons. The number of nitriles is 1. The van der Waals surface area contributed by atoms with Gasteiger partial charge in [-0.15, -0.1) is 0 Å². The SMILES string of the molecule is N#CC12CC(C1)N(C(=O)O)C2. The van der Waals surface area contributed by atoms with Gasteiger partial charge in [0, 0.05) is 12.6 Å². The first-order valence-electron chi connectivity index (χ1n) is 3.58. The minimum Gasteiger partial charge on any atom is -0.465 e. The van der Waals surface area contributed by atoms with E-state index in [9.17, 15) is 4.79 Å². The van der Waals surface area contributed by atoms with E-state index in [-0.39, 0.29) is 11.5 Å². The van der Waals surface area contributed by atoms with Crippen LogP contribution in [0.1, 0.15) is 12.8 Å². The monoisotopic (exact) mass is 152 g/mol. The van der Waals surface area contributed by atoms with E-state index in [2.05, 4.69) is 6.07 Å². The maximum atomic E-state index is 10.5. The van der Waals surface area contributed by atoms with Crippen LogP contribution in [0.5, 0.6) is 0 Å². The minimum absolute atomic E-state index is 0.132. The zero-order valence-corrected chi connectivity index (χ0v) is 5.95. The molecular weight excluding hydrogens is 144 g/mol. The summed E-state index contributed by atoms with van der Waals surface area (Å²) in [6.45, 7) is 0.420. The minimum atomic E-state index is -0.885.